The number of carbonyl (C=O) groups excluding carboxylic acids is 1. The van der Waals surface area contributed by atoms with Gasteiger partial charge in [0.05, 0.1) is 24.0 Å². The smallest absolute Gasteiger partial charge is 0.344 e. The fraction of sp³-hybridized carbons (Fsp3) is 0.348. The highest BCUT2D eigenvalue weighted by Crippen LogP contribution is 2.45. The predicted molar refractivity (Wildman–Crippen MR) is 120 cm³/mol. The van der Waals surface area contributed by atoms with E-state index in [1.54, 1.807) is 0 Å². The number of aromatic hydroxyl groups is 2. The molecule has 0 spiro atoms. The first-order chi connectivity index (χ1) is 17.0. The number of ether oxygens (including phenoxy) is 4. The van der Waals surface area contributed by atoms with Gasteiger partial charge in [0, 0.05) is 17.7 Å². The minimum Gasteiger partial charge on any atom is -0.504 e. The number of hydrogen-bond acceptors (Lipinski definition) is 13. The highest BCUT2D eigenvalue weighted by atomic mass is 16.7. The van der Waals surface area contributed by atoms with Gasteiger partial charge in [-0.15, -0.1) is 0 Å². The van der Waals surface area contributed by atoms with E-state index in [0.717, 1.165) is 19.1 Å². The zero-order valence-corrected chi connectivity index (χ0v) is 19.0. The van der Waals surface area contributed by atoms with Crippen LogP contribution in [0.1, 0.15) is 13.8 Å². The average molecular weight is 504 g/mol. The Labute approximate surface area is 199 Å². The summed E-state index contributed by atoms with van der Waals surface area (Å²) in [7, 11) is 1.23. The van der Waals surface area contributed by atoms with E-state index in [2.05, 4.69) is 0 Å². The van der Waals surface area contributed by atoms with E-state index in [9.17, 15) is 34.8 Å². The van der Waals surface area contributed by atoms with E-state index >= 15 is 0 Å². The van der Waals surface area contributed by atoms with Gasteiger partial charge in [0.2, 0.25) is 17.8 Å². The van der Waals surface area contributed by atoms with Crippen molar-refractivity contribution in [2.45, 2.75) is 44.6 Å². The molecule has 190 valence electrons. The number of methoxy groups -OCH3 is 1. The van der Waals surface area contributed by atoms with Crippen LogP contribution < -0.4 is 20.7 Å². The zero-order chi connectivity index (χ0) is 26.0. The monoisotopic (exact) mass is 504 g/mol. The number of hydrogen-bond donors (Lipinski definition) is 4. The number of phenolic OH excluding ortho intramolecular Hbond substituents is 2. The minimum absolute atomic E-state index is 0.00689. The van der Waals surface area contributed by atoms with Gasteiger partial charge >= 0.3 is 17.2 Å². The summed E-state index contributed by atoms with van der Waals surface area (Å²) in [5.74, 6) is -2.49. The van der Waals surface area contributed by atoms with E-state index in [4.69, 9.17) is 27.8 Å². The summed E-state index contributed by atoms with van der Waals surface area (Å²) in [6.07, 6.45) is -7.01. The van der Waals surface area contributed by atoms with Gasteiger partial charge < -0.3 is 48.2 Å². The van der Waals surface area contributed by atoms with Gasteiger partial charge in [-0.3, -0.25) is 4.79 Å². The molecule has 13 heteroatoms. The van der Waals surface area contributed by atoms with Crippen LogP contribution in [-0.4, -0.2) is 64.2 Å². The molecule has 1 saturated heterocycles. The molecule has 3 heterocycles. The van der Waals surface area contributed by atoms with Crippen molar-refractivity contribution in [3.8, 4) is 23.0 Å². The van der Waals surface area contributed by atoms with Crippen LogP contribution in [0.15, 0.2) is 30.6 Å². The Balaban J connectivity index is 1.66. The molecule has 4 aromatic rings. The quantitative estimate of drug-likeness (QED) is 0.172. The maximum atomic E-state index is 12.9. The van der Waals surface area contributed by atoms with Crippen molar-refractivity contribution < 1.29 is 53.0 Å². The molecule has 36 heavy (non-hydrogen) atoms. The summed E-state index contributed by atoms with van der Waals surface area (Å²) in [4.78, 5) is 36.8. The second-order valence-electron chi connectivity index (χ2n) is 8.32. The number of aliphatic hydroxyl groups is 2. The van der Waals surface area contributed by atoms with Crippen LogP contribution in [0.25, 0.3) is 32.7 Å². The Bertz CT molecular complexity index is 1620. The largest absolute Gasteiger partial charge is 0.504 e. The summed E-state index contributed by atoms with van der Waals surface area (Å²) in [6, 6.07) is 2.18. The van der Waals surface area contributed by atoms with Gasteiger partial charge in [0.15, 0.2) is 28.8 Å². The minimum atomic E-state index is -1.73. The van der Waals surface area contributed by atoms with Gasteiger partial charge in [0.1, 0.15) is 12.2 Å². The maximum absolute atomic E-state index is 12.9. The number of carbonyl (C=O) groups is 1. The molecule has 5 atom stereocenters. The van der Waals surface area contributed by atoms with Crippen molar-refractivity contribution in [1.29, 1.82) is 0 Å². The normalized spacial score (nSPS) is 24.4. The fourth-order valence-electron chi connectivity index (χ4n) is 4.43. The van der Waals surface area contributed by atoms with Crippen LogP contribution in [0.2, 0.25) is 0 Å². The zero-order valence-electron chi connectivity index (χ0n) is 19.0. The van der Waals surface area contributed by atoms with Gasteiger partial charge in [-0.25, -0.2) is 9.59 Å². The summed E-state index contributed by atoms with van der Waals surface area (Å²) in [5, 5.41) is 41.8. The fourth-order valence-corrected chi connectivity index (χ4v) is 4.43. The first-order valence-electron chi connectivity index (χ1n) is 10.7. The van der Waals surface area contributed by atoms with Gasteiger partial charge in [-0.2, -0.15) is 0 Å². The van der Waals surface area contributed by atoms with E-state index in [-0.39, 0.29) is 32.9 Å². The Morgan fingerprint density at radius 1 is 0.972 bits per heavy atom. The van der Waals surface area contributed by atoms with Crippen molar-refractivity contribution >= 4 is 38.7 Å². The second kappa shape index (κ2) is 8.26. The molecule has 2 aromatic carbocycles. The van der Waals surface area contributed by atoms with E-state index in [0.29, 0.717) is 0 Å². The molecule has 0 saturated carbocycles. The lowest BCUT2D eigenvalue weighted by Gasteiger charge is -2.40. The van der Waals surface area contributed by atoms with E-state index in [1.807, 2.05) is 0 Å². The highest BCUT2D eigenvalue weighted by Gasteiger charge is 2.46. The molecular weight excluding hydrogens is 484 g/mol. The lowest BCUT2D eigenvalue weighted by atomic mass is 9.99. The predicted octanol–water partition coefficient (Wildman–Crippen LogP) is 0.687. The molecule has 0 aliphatic carbocycles. The number of esters is 1. The Morgan fingerprint density at radius 3 is 2.22 bits per heavy atom. The Hall–Kier alpha value is -4.07. The van der Waals surface area contributed by atoms with Crippen LogP contribution in [0.5, 0.6) is 23.0 Å². The molecule has 0 bridgehead atoms. The molecule has 1 aliphatic heterocycles. The molecule has 5 rings (SSSR count). The molecule has 0 amide bonds. The summed E-state index contributed by atoms with van der Waals surface area (Å²) >= 11 is 0. The van der Waals surface area contributed by atoms with Crippen LogP contribution in [0.3, 0.4) is 0 Å². The standard InChI is InChI=1S/C23H20O13/c1-6-17(33-7(2)24)15(27)16(28)23(32-6)34-11-5-9-12-13-8(21(29)35-19(12)14(11)26)4-10(25)18(31-3)20(13)36-22(9)30/h4-6,15-17,23,25-28H,1-3H3. The average Bonchev–Trinajstić information content (AvgIpc) is 2.81. The molecular formula is C23H20O13. The second-order valence-corrected chi connectivity index (χ2v) is 8.32. The third kappa shape index (κ3) is 3.39. The SMILES string of the molecule is COc1c(O)cc2c(=O)oc3c(O)c(OC4OC(C)C(OC(C)=O)C(O)C4O)cc4c(=O)oc1c2c34. The van der Waals surface area contributed by atoms with Crippen molar-refractivity contribution in [2.24, 2.45) is 0 Å². The van der Waals surface area contributed by atoms with Gasteiger partial charge in [0.25, 0.3) is 0 Å². The first kappa shape index (κ1) is 23.7. The molecule has 2 aromatic heterocycles. The number of phenols is 2. The third-order valence-corrected chi connectivity index (χ3v) is 6.04. The number of rotatable bonds is 4. The summed E-state index contributed by atoms with van der Waals surface area (Å²) in [6.45, 7) is 2.60. The van der Waals surface area contributed by atoms with E-state index < -0.39 is 70.8 Å². The Kier molecular flexibility index (Phi) is 5.43. The highest BCUT2D eigenvalue weighted by molar-refractivity contribution is 6.22. The molecule has 5 unspecified atom stereocenters. The molecule has 0 radical (unpaired) electrons. The van der Waals surface area contributed by atoms with Crippen LogP contribution >= 0.6 is 0 Å². The van der Waals surface area contributed by atoms with Gasteiger partial charge in [-0.05, 0) is 19.1 Å². The first-order valence-corrected chi connectivity index (χ1v) is 10.7. The van der Waals surface area contributed by atoms with Gasteiger partial charge in [-0.1, -0.05) is 0 Å². The van der Waals surface area contributed by atoms with Crippen LogP contribution in [-0.2, 0) is 14.3 Å². The topological polar surface area (TPSA) is 195 Å². The molecule has 1 aliphatic rings. The van der Waals surface area contributed by atoms with Crippen LogP contribution in [0.4, 0.5) is 0 Å². The van der Waals surface area contributed by atoms with E-state index in [1.165, 1.54) is 14.0 Å². The number of aliphatic hydroxyl groups excluding tert-OH is 2. The number of benzene rings is 2. The lowest BCUT2D eigenvalue weighted by Crippen LogP contribution is -2.59. The third-order valence-electron chi connectivity index (χ3n) is 6.04. The van der Waals surface area contributed by atoms with Crippen molar-refractivity contribution in [1.82, 2.24) is 0 Å². The molecule has 13 nitrogen and oxygen atoms in total. The Morgan fingerprint density at radius 2 is 1.58 bits per heavy atom. The summed E-state index contributed by atoms with van der Waals surface area (Å²) < 4.78 is 31.8. The molecule has 1 fully saturated rings. The lowest BCUT2D eigenvalue weighted by molar-refractivity contribution is -0.272. The molecule has 4 N–H and O–H groups in total. The van der Waals surface area contributed by atoms with Crippen molar-refractivity contribution in [2.75, 3.05) is 7.11 Å². The maximum Gasteiger partial charge on any atom is 0.344 e. The summed E-state index contributed by atoms with van der Waals surface area (Å²) in [5.41, 5.74) is -2.56. The van der Waals surface area contributed by atoms with Crippen molar-refractivity contribution in [3.05, 3.63) is 33.0 Å². The van der Waals surface area contributed by atoms with Crippen molar-refractivity contribution in [3.63, 3.8) is 0 Å². The van der Waals surface area contributed by atoms with Crippen LogP contribution in [0, 0.1) is 0 Å².